The van der Waals surface area contributed by atoms with Gasteiger partial charge < -0.3 is 20.9 Å². The van der Waals surface area contributed by atoms with E-state index in [1.54, 1.807) is 0 Å². The normalized spacial score (nSPS) is 10.2. The third-order valence-corrected chi connectivity index (χ3v) is 3.67. The molecule has 0 aliphatic rings. The second-order valence-corrected chi connectivity index (χ2v) is 5.39. The van der Waals surface area contributed by atoms with E-state index in [4.69, 9.17) is 20.9 Å². The lowest BCUT2D eigenvalue weighted by atomic mass is 9.92. The summed E-state index contributed by atoms with van der Waals surface area (Å²) in [5, 5.41) is 0. The van der Waals surface area contributed by atoms with Gasteiger partial charge in [-0.3, -0.25) is 0 Å². The predicted molar refractivity (Wildman–Crippen MR) is 97.7 cm³/mol. The average molecular weight is 348 g/mol. The zero-order valence-electron chi connectivity index (χ0n) is 13.7. The quantitative estimate of drug-likeness (QED) is 0.745. The standard InChI is InChI=1S/C20H16N2O4/c21-19(23)25-15-11-12-16(26-20(22)24)18(14-9-5-2-6-10-14)17(15)13-7-3-1-4-8-13/h1-12H,(H2,21,23)(H2,22,24). The van der Waals surface area contributed by atoms with E-state index in [1.165, 1.54) is 12.1 Å². The molecule has 0 aliphatic heterocycles. The molecule has 26 heavy (non-hydrogen) atoms. The fraction of sp³-hybridized carbons (Fsp3) is 0. The lowest BCUT2D eigenvalue weighted by Crippen LogP contribution is -2.18. The van der Waals surface area contributed by atoms with E-state index in [2.05, 4.69) is 0 Å². The van der Waals surface area contributed by atoms with Crippen molar-refractivity contribution >= 4 is 12.2 Å². The van der Waals surface area contributed by atoms with Crippen LogP contribution in [0.5, 0.6) is 11.5 Å². The van der Waals surface area contributed by atoms with E-state index in [-0.39, 0.29) is 11.5 Å². The molecule has 0 heterocycles. The van der Waals surface area contributed by atoms with Crippen molar-refractivity contribution in [2.45, 2.75) is 0 Å². The summed E-state index contributed by atoms with van der Waals surface area (Å²) in [5.74, 6) is 0.499. The molecular formula is C20H16N2O4. The molecule has 4 N–H and O–H groups in total. The van der Waals surface area contributed by atoms with Gasteiger partial charge in [0.25, 0.3) is 0 Å². The van der Waals surface area contributed by atoms with Crippen LogP contribution in [-0.2, 0) is 0 Å². The first-order chi connectivity index (χ1) is 12.6. The Balaban J connectivity index is 2.34. The number of primary amides is 2. The Kier molecular flexibility index (Phi) is 4.85. The van der Waals surface area contributed by atoms with Gasteiger partial charge in [0.2, 0.25) is 0 Å². The zero-order valence-corrected chi connectivity index (χ0v) is 13.7. The molecule has 3 aromatic carbocycles. The molecule has 6 heteroatoms. The van der Waals surface area contributed by atoms with Crippen molar-refractivity contribution in [2.75, 3.05) is 0 Å². The summed E-state index contributed by atoms with van der Waals surface area (Å²) < 4.78 is 10.4. The third kappa shape index (κ3) is 3.64. The number of carbonyl (C=O) groups excluding carboxylic acids is 2. The van der Waals surface area contributed by atoms with Crippen LogP contribution >= 0.6 is 0 Å². The number of ether oxygens (including phenoxy) is 2. The second kappa shape index (κ2) is 7.40. The van der Waals surface area contributed by atoms with Gasteiger partial charge in [-0.1, -0.05) is 60.7 Å². The first-order valence-electron chi connectivity index (χ1n) is 7.78. The van der Waals surface area contributed by atoms with Gasteiger partial charge >= 0.3 is 12.2 Å². The fourth-order valence-corrected chi connectivity index (χ4v) is 2.73. The molecule has 0 fully saturated rings. The van der Waals surface area contributed by atoms with Crippen LogP contribution in [0.4, 0.5) is 9.59 Å². The monoisotopic (exact) mass is 348 g/mol. The molecule has 0 unspecified atom stereocenters. The van der Waals surface area contributed by atoms with E-state index < -0.39 is 12.2 Å². The number of amides is 2. The Labute approximate surface area is 150 Å². The maximum absolute atomic E-state index is 11.4. The number of carbonyl (C=O) groups is 2. The van der Waals surface area contributed by atoms with Crippen molar-refractivity contribution < 1.29 is 19.1 Å². The molecule has 3 rings (SSSR count). The van der Waals surface area contributed by atoms with Crippen LogP contribution in [-0.4, -0.2) is 12.2 Å². The van der Waals surface area contributed by atoms with Gasteiger partial charge in [0, 0.05) is 11.1 Å². The molecule has 0 radical (unpaired) electrons. The van der Waals surface area contributed by atoms with E-state index >= 15 is 0 Å². The maximum atomic E-state index is 11.4. The summed E-state index contributed by atoms with van der Waals surface area (Å²) in [4.78, 5) is 22.7. The Morgan fingerprint density at radius 1 is 0.577 bits per heavy atom. The smallest absolute Gasteiger partial charge is 0.409 e. The van der Waals surface area contributed by atoms with Crippen molar-refractivity contribution in [1.82, 2.24) is 0 Å². The summed E-state index contributed by atoms with van der Waals surface area (Å²) in [6, 6.07) is 21.5. The molecule has 3 aromatic rings. The van der Waals surface area contributed by atoms with Crippen LogP contribution in [0.3, 0.4) is 0 Å². The molecule has 0 saturated carbocycles. The Bertz CT molecular complexity index is 862. The summed E-state index contributed by atoms with van der Waals surface area (Å²) in [5.41, 5.74) is 13.1. The zero-order chi connectivity index (χ0) is 18.5. The Morgan fingerprint density at radius 2 is 0.923 bits per heavy atom. The minimum absolute atomic E-state index is 0.249. The second-order valence-electron chi connectivity index (χ2n) is 5.39. The summed E-state index contributed by atoms with van der Waals surface area (Å²) >= 11 is 0. The molecule has 0 aromatic heterocycles. The van der Waals surface area contributed by atoms with E-state index in [9.17, 15) is 9.59 Å². The van der Waals surface area contributed by atoms with Crippen molar-refractivity contribution in [3.63, 3.8) is 0 Å². The van der Waals surface area contributed by atoms with Crippen LogP contribution in [0.15, 0.2) is 72.8 Å². The molecule has 0 atom stereocenters. The number of nitrogens with two attached hydrogens (primary N) is 2. The van der Waals surface area contributed by atoms with E-state index in [0.29, 0.717) is 11.1 Å². The molecule has 0 spiro atoms. The molecule has 130 valence electrons. The predicted octanol–water partition coefficient (Wildman–Crippen LogP) is 3.94. The lowest BCUT2D eigenvalue weighted by Gasteiger charge is -2.18. The van der Waals surface area contributed by atoms with Crippen LogP contribution in [0, 0.1) is 0 Å². The van der Waals surface area contributed by atoms with Crippen molar-refractivity contribution in [3.05, 3.63) is 72.8 Å². The first-order valence-corrected chi connectivity index (χ1v) is 7.78. The van der Waals surface area contributed by atoms with Gasteiger partial charge in [-0.15, -0.1) is 0 Å². The molecule has 2 amide bonds. The summed E-state index contributed by atoms with van der Waals surface area (Å²) in [7, 11) is 0. The van der Waals surface area contributed by atoms with Gasteiger partial charge in [0.15, 0.2) is 0 Å². The number of hydrogen-bond donors (Lipinski definition) is 2. The molecular weight excluding hydrogens is 332 g/mol. The highest BCUT2D eigenvalue weighted by Crippen LogP contribution is 2.45. The minimum Gasteiger partial charge on any atom is -0.410 e. The van der Waals surface area contributed by atoms with Crippen molar-refractivity contribution in [2.24, 2.45) is 11.5 Å². The van der Waals surface area contributed by atoms with Gasteiger partial charge in [-0.25, -0.2) is 9.59 Å². The summed E-state index contributed by atoms with van der Waals surface area (Å²) in [6.07, 6.45) is -1.88. The molecule has 0 saturated heterocycles. The van der Waals surface area contributed by atoms with Crippen molar-refractivity contribution in [3.8, 4) is 33.8 Å². The molecule has 0 aliphatic carbocycles. The third-order valence-electron chi connectivity index (χ3n) is 3.67. The lowest BCUT2D eigenvalue weighted by molar-refractivity contribution is 0.208. The number of hydrogen-bond acceptors (Lipinski definition) is 4. The maximum Gasteiger partial charge on any atom is 0.409 e. The number of rotatable bonds is 4. The highest BCUT2D eigenvalue weighted by atomic mass is 16.6. The average Bonchev–Trinajstić information content (AvgIpc) is 2.63. The summed E-state index contributed by atoms with van der Waals surface area (Å²) in [6.45, 7) is 0. The highest BCUT2D eigenvalue weighted by molar-refractivity contribution is 5.93. The molecule has 0 bridgehead atoms. The fourth-order valence-electron chi connectivity index (χ4n) is 2.73. The SMILES string of the molecule is NC(=O)Oc1ccc(OC(N)=O)c(-c2ccccc2)c1-c1ccccc1. The van der Waals surface area contributed by atoms with Crippen LogP contribution in [0.25, 0.3) is 22.3 Å². The van der Waals surface area contributed by atoms with Gasteiger partial charge in [0.1, 0.15) is 11.5 Å². The molecule has 6 nitrogen and oxygen atoms in total. The van der Waals surface area contributed by atoms with E-state index in [0.717, 1.165) is 11.1 Å². The highest BCUT2D eigenvalue weighted by Gasteiger charge is 2.21. The van der Waals surface area contributed by atoms with E-state index in [1.807, 2.05) is 60.7 Å². The van der Waals surface area contributed by atoms with Crippen LogP contribution in [0.2, 0.25) is 0 Å². The number of benzene rings is 3. The van der Waals surface area contributed by atoms with Crippen molar-refractivity contribution in [1.29, 1.82) is 0 Å². The first kappa shape index (κ1) is 17.0. The topological polar surface area (TPSA) is 105 Å². The van der Waals surface area contributed by atoms with Crippen LogP contribution in [0.1, 0.15) is 0 Å². The Hall–Kier alpha value is -3.80. The van der Waals surface area contributed by atoms with Gasteiger partial charge in [-0.05, 0) is 23.3 Å². The van der Waals surface area contributed by atoms with Crippen LogP contribution < -0.4 is 20.9 Å². The largest absolute Gasteiger partial charge is 0.410 e. The van der Waals surface area contributed by atoms with Gasteiger partial charge in [0.05, 0.1) is 0 Å². The van der Waals surface area contributed by atoms with Gasteiger partial charge in [-0.2, -0.15) is 0 Å². The Morgan fingerprint density at radius 3 is 1.23 bits per heavy atom. The minimum atomic E-state index is -0.940.